The fourth-order valence-electron chi connectivity index (χ4n) is 3.62. The van der Waals surface area contributed by atoms with Gasteiger partial charge in [-0.2, -0.15) is 0 Å². The molecular weight excluding hydrogens is 317 g/mol. The van der Waals surface area contributed by atoms with Crippen molar-refractivity contribution >= 4 is 22.9 Å². The van der Waals surface area contributed by atoms with E-state index >= 15 is 0 Å². The van der Waals surface area contributed by atoms with Crippen molar-refractivity contribution in [3.05, 3.63) is 47.8 Å². The van der Waals surface area contributed by atoms with Crippen molar-refractivity contribution in [1.29, 1.82) is 0 Å². The number of amidine groups is 1. The first-order valence-corrected chi connectivity index (χ1v) is 8.73. The van der Waals surface area contributed by atoms with E-state index in [1.807, 2.05) is 30.1 Å². The average molecular weight is 339 g/mol. The van der Waals surface area contributed by atoms with Gasteiger partial charge >= 0.3 is 0 Å². The van der Waals surface area contributed by atoms with Crippen LogP contribution in [0.2, 0.25) is 0 Å². The molecule has 4 rings (SSSR count). The molecule has 2 aliphatic heterocycles. The van der Waals surface area contributed by atoms with Crippen molar-refractivity contribution in [2.24, 2.45) is 4.99 Å². The summed E-state index contributed by atoms with van der Waals surface area (Å²) in [7, 11) is 3.63. The highest BCUT2D eigenvalue weighted by atomic mass is 19.1. The van der Waals surface area contributed by atoms with Crippen LogP contribution in [0.25, 0.3) is 0 Å². The Balaban J connectivity index is 1.93. The van der Waals surface area contributed by atoms with E-state index in [-0.39, 0.29) is 5.82 Å². The number of halogens is 1. The molecule has 2 aromatic carbocycles. The van der Waals surface area contributed by atoms with Gasteiger partial charge in [-0.1, -0.05) is 0 Å². The molecule has 4 nitrogen and oxygen atoms in total. The van der Waals surface area contributed by atoms with Gasteiger partial charge in [-0.05, 0) is 55.7 Å². The fraction of sp³-hybridized carbons (Fsp3) is 0.350. The number of hydrogen-bond donors (Lipinski definition) is 0. The second-order valence-electron chi connectivity index (χ2n) is 6.56. The van der Waals surface area contributed by atoms with Gasteiger partial charge in [-0.15, -0.1) is 0 Å². The van der Waals surface area contributed by atoms with Crippen LogP contribution in [0, 0.1) is 5.82 Å². The van der Waals surface area contributed by atoms with Crippen LogP contribution in [0.15, 0.2) is 41.4 Å². The van der Waals surface area contributed by atoms with Gasteiger partial charge in [-0.25, -0.2) is 9.38 Å². The molecule has 0 saturated carbocycles. The summed E-state index contributed by atoms with van der Waals surface area (Å²) in [5, 5.41) is 0. The van der Waals surface area contributed by atoms with Crippen LogP contribution in [-0.4, -0.2) is 38.0 Å². The number of fused-ring (bicyclic) bond motifs is 2. The van der Waals surface area contributed by atoms with Gasteiger partial charge in [0, 0.05) is 25.7 Å². The zero-order valence-electron chi connectivity index (χ0n) is 14.6. The molecule has 2 heterocycles. The van der Waals surface area contributed by atoms with Crippen LogP contribution < -0.4 is 9.64 Å². The van der Waals surface area contributed by atoms with Crippen molar-refractivity contribution in [3.63, 3.8) is 0 Å². The number of methoxy groups -OCH3 is 1. The van der Waals surface area contributed by atoms with Gasteiger partial charge in [0.25, 0.3) is 0 Å². The highest BCUT2D eigenvalue weighted by Crippen LogP contribution is 2.40. The summed E-state index contributed by atoms with van der Waals surface area (Å²) in [6, 6.07) is 10.8. The molecular formula is C20H22FN3O. The maximum atomic E-state index is 13.8. The molecule has 0 aromatic heterocycles. The molecule has 2 aliphatic rings. The summed E-state index contributed by atoms with van der Waals surface area (Å²) < 4.78 is 19.3. The van der Waals surface area contributed by atoms with Gasteiger partial charge in [-0.3, -0.25) is 0 Å². The average Bonchev–Trinajstić information content (AvgIpc) is 2.77. The molecule has 5 heteroatoms. The van der Waals surface area contributed by atoms with Gasteiger partial charge in [0.2, 0.25) is 0 Å². The van der Waals surface area contributed by atoms with Crippen LogP contribution in [0.3, 0.4) is 0 Å². The second-order valence-corrected chi connectivity index (χ2v) is 6.56. The highest BCUT2D eigenvalue weighted by Gasteiger charge is 2.26. The van der Waals surface area contributed by atoms with Crippen molar-refractivity contribution in [1.82, 2.24) is 4.90 Å². The second kappa shape index (κ2) is 6.39. The predicted molar refractivity (Wildman–Crippen MR) is 99.1 cm³/mol. The Hall–Kier alpha value is -2.56. The lowest BCUT2D eigenvalue weighted by Gasteiger charge is -2.31. The molecule has 1 fully saturated rings. The number of ether oxygens (including phenoxy) is 1. The number of benzene rings is 2. The third kappa shape index (κ3) is 2.84. The summed E-state index contributed by atoms with van der Waals surface area (Å²) in [5.41, 5.74) is 3.60. The Morgan fingerprint density at radius 2 is 1.80 bits per heavy atom. The molecule has 2 aromatic rings. The van der Waals surface area contributed by atoms with E-state index in [4.69, 9.17) is 9.73 Å². The molecule has 0 aliphatic carbocycles. The number of aliphatic imine (C=N–C) groups is 1. The third-order valence-corrected chi connectivity index (χ3v) is 4.99. The molecule has 1 saturated heterocycles. The minimum Gasteiger partial charge on any atom is -0.497 e. The first kappa shape index (κ1) is 15.9. The van der Waals surface area contributed by atoms with Crippen molar-refractivity contribution in [2.75, 3.05) is 32.1 Å². The van der Waals surface area contributed by atoms with Gasteiger partial charge in [0.05, 0.1) is 24.2 Å². The van der Waals surface area contributed by atoms with E-state index in [0.29, 0.717) is 0 Å². The number of rotatable bonds is 1. The smallest absolute Gasteiger partial charge is 0.138 e. The minimum absolute atomic E-state index is 0.253. The Labute approximate surface area is 147 Å². The van der Waals surface area contributed by atoms with Crippen molar-refractivity contribution in [3.8, 4) is 5.75 Å². The normalized spacial score (nSPS) is 16.7. The first-order chi connectivity index (χ1) is 12.2. The Kier molecular flexibility index (Phi) is 4.07. The Bertz CT molecular complexity index is 828. The summed E-state index contributed by atoms with van der Waals surface area (Å²) in [5.74, 6) is 1.50. The minimum atomic E-state index is -0.253. The number of piperidine rings is 1. The van der Waals surface area contributed by atoms with Crippen LogP contribution in [0.1, 0.15) is 24.8 Å². The first-order valence-electron chi connectivity index (χ1n) is 8.73. The SMILES string of the molecule is COc1ccc2c(c1)C(N1CCCCC1)=Nc1ccc(F)cc1N2C. The predicted octanol–water partition coefficient (Wildman–Crippen LogP) is 4.48. The molecule has 0 unspecified atom stereocenters. The molecule has 0 spiro atoms. The summed E-state index contributed by atoms with van der Waals surface area (Å²) in [6.07, 6.45) is 3.60. The van der Waals surface area contributed by atoms with Crippen molar-refractivity contribution < 1.29 is 9.13 Å². The molecule has 0 atom stereocenters. The monoisotopic (exact) mass is 339 g/mol. The van der Waals surface area contributed by atoms with Gasteiger partial charge < -0.3 is 14.5 Å². The molecule has 0 amide bonds. The van der Waals surface area contributed by atoms with E-state index in [1.54, 1.807) is 19.2 Å². The molecule has 130 valence electrons. The van der Waals surface area contributed by atoms with Gasteiger partial charge in [0.15, 0.2) is 0 Å². The largest absolute Gasteiger partial charge is 0.497 e. The van der Waals surface area contributed by atoms with Crippen LogP contribution >= 0.6 is 0 Å². The third-order valence-electron chi connectivity index (χ3n) is 4.99. The Morgan fingerprint density at radius 1 is 1.00 bits per heavy atom. The maximum Gasteiger partial charge on any atom is 0.138 e. The Morgan fingerprint density at radius 3 is 2.56 bits per heavy atom. The van der Waals surface area contributed by atoms with E-state index in [9.17, 15) is 4.39 Å². The van der Waals surface area contributed by atoms with Crippen molar-refractivity contribution in [2.45, 2.75) is 19.3 Å². The number of anilines is 2. The topological polar surface area (TPSA) is 28.1 Å². The number of nitrogens with zero attached hydrogens (tertiary/aromatic N) is 3. The molecule has 0 N–H and O–H groups in total. The fourth-order valence-corrected chi connectivity index (χ4v) is 3.62. The molecule has 0 radical (unpaired) electrons. The standard InChI is InChI=1S/C20H22FN3O/c1-23-18-9-7-15(25-2)13-16(18)20(24-10-4-3-5-11-24)22-17-8-6-14(21)12-19(17)23/h6-9,12-13H,3-5,10-11H2,1-2H3. The molecule has 0 bridgehead atoms. The number of likely N-dealkylation sites (tertiary alicyclic amines) is 1. The number of hydrogen-bond acceptors (Lipinski definition) is 4. The highest BCUT2D eigenvalue weighted by molar-refractivity contribution is 6.08. The lowest BCUT2D eigenvalue weighted by molar-refractivity contribution is 0.343. The quantitative estimate of drug-likeness (QED) is 0.767. The van der Waals surface area contributed by atoms with E-state index < -0.39 is 0 Å². The van der Waals surface area contributed by atoms with E-state index in [2.05, 4.69) is 4.90 Å². The summed E-state index contributed by atoms with van der Waals surface area (Å²) in [6.45, 7) is 1.99. The lowest BCUT2D eigenvalue weighted by atomic mass is 10.1. The summed E-state index contributed by atoms with van der Waals surface area (Å²) >= 11 is 0. The van der Waals surface area contributed by atoms with Gasteiger partial charge in [0.1, 0.15) is 17.4 Å². The maximum absolute atomic E-state index is 13.8. The van der Waals surface area contributed by atoms with Crippen LogP contribution in [0.5, 0.6) is 5.75 Å². The lowest BCUT2D eigenvalue weighted by Crippen LogP contribution is -2.36. The molecule has 25 heavy (non-hydrogen) atoms. The van der Waals surface area contributed by atoms with E-state index in [1.165, 1.54) is 25.3 Å². The van der Waals surface area contributed by atoms with Crippen LogP contribution in [0.4, 0.5) is 21.5 Å². The zero-order chi connectivity index (χ0) is 17.4. The zero-order valence-corrected chi connectivity index (χ0v) is 14.6. The summed E-state index contributed by atoms with van der Waals surface area (Å²) in [4.78, 5) is 9.30. The van der Waals surface area contributed by atoms with E-state index in [0.717, 1.165) is 47.3 Å². The van der Waals surface area contributed by atoms with Crippen LogP contribution in [-0.2, 0) is 0 Å².